The van der Waals surface area contributed by atoms with E-state index in [-0.39, 0.29) is 5.69 Å². The van der Waals surface area contributed by atoms with Crippen LogP contribution in [-0.4, -0.2) is 21.3 Å². The van der Waals surface area contributed by atoms with Crippen molar-refractivity contribution in [2.45, 2.75) is 6.42 Å². The van der Waals surface area contributed by atoms with Crippen molar-refractivity contribution in [3.8, 4) is 11.1 Å². The topological polar surface area (TPSA) is 66.0 Å². The summed E-state index contributed by atoms with van der Waals surface area (Å²) < 4.78 is 0. The lowest BCUT2D eigenvalue weighted by Crippen LogP contribution is -1.95. The van der Waals surface area contributed by atoms with E-state index in [0.717, 1.165) is 6.42 Å². The van der Waals surface area contributed by atoms with Crippen LogP contribution in [0, 0.1) is 0 Å². The van der Waals surface area contributed by atoms with Crippen molar-refractivity contribution in [3.63, 3.8) is 0 Å². The number of rotatable bonds is 1. The Kier molecular flexibility index (Phi) is 3.51. The molecule has 0 spiro atoms. The number of hydrogen-bond acceptors (Lipinski definition) is 2. The molecule has 0 radical (unpaired) electrons. The summed E-state index contributed by atoms with van der Waals surface area (Å²) in [4.78, 5) is 9.99. The fourth-order valence-corrected chi connectivity index (χ4v) is 2.45. The zero-order valence-electron chi connectivity index (χ0n) is 11.3. The van der Waals surface area contributed by atoms with E-state index in [4.69, 9.17) is 5.11 Å². The predicted molar refractivity (Wildman–Crippen MR) is 80.2 cm³/mol. The van der Waals surface area contributed by atoms with E-state index in [1.165, 1.54) is 34.5 Å². The molecule has 2 aromatic carbocycles. The highest BCUT2D eigenvalue weighted by Gasteiger charge is 2.15. The van der Waals surface area contributed by atoms with Crippen LogP contribution in [0.4, 0.5) is 0 Å². The summed E-state index contributed by atoms with van der Waals surface area (Å²) in [5.74, 6) is -0.984. The van der Waals surface area contributed by atoms with E-state index in [1.807, 2.05) is 0 Å². The van der Waals surface area contributed by atoms with Crippen LogP contribution in [-0.2, 0) is 6.42 Å². The van der Waals surface area contributed by atoms with Gasteiger partial charge in [-0.2, -0.15) is 5.10 Å². The number of nitrogens with one attached hydrogen (secondary N) is 1. The molecule has 4 rings (SSSR count). The van der Waals surface area contributed by atoms with Gasteiger partial charge in [0.05, 0.1) is 0 Å². The minimum absolute atomic E-state index is 0.116. The first-order valence-electron chi connectivity index (χ1n) is 6.64. The highest BCUT2D eigenvalue weighted by Crippen LogP contribution is 2.35. The summed E-state index contributed by atoms with van der Waals surface area (Å²) >= 11 is 0. The van der Waals surface area contributed by atoms with Crippen LogP contribution in [0.15, 0.2) is 60.8 Å². The molecular weight excluding hydrogens is 264 g/mol. The number of carboxylic acid groups (broad SMARTS) is 1. The summed E-state index contributed by atoms with van der Waals surface area (Å²) in [7, 11) is 0. The second-order valence-corrected chi connectivity index (χ2v) is 4.77. The largest absolute Gasteiger partial charge is 0.477 e. The van der Waals surface area contributed by atoms with E-state index < -0.39 is 5.97 Å². The first-order chi connectivity index (χ1) is 10.3. The highest BCUT2D eigenvalue weighted by molar-refractivity contribution is 5.84. The van der Waals surface area contributed by atoms with Gasteiger partial charge in [-0.15, -0.1) is 0 Å². The SMILES string of the molecule is O=C(O)c1ccn[nH]1.c1ccc2c(c1)Cc1ccccc1-2. The van der Waals surface area contributed by atoms with Crippen LogP contribution in [0.1, 0.15) is 21.6 Å². The molecule has 21 heavy (non-hydrogen) atoms. The Morgan fingerprint density at radius 3 is 1.95 bits per heavy atom. The smallest absolute Gasteiger partial charge is 0.353 e. The standard InChI is InChI=1S/C13H10.C4H4N2O2/c1-3-7-12-10(5-1)9-11-6-2-4-8-13(11)12;7-4(8)3-1-2-5-6-3/h1-8H,9H2;1-2H,(H,5,6)(H,7,8). The molecule has 0 saturated heterocycles. The van der Waals surface area contributed by atoms with Gasteiger partial charge in [0, 0.05) is 6.20 Å². The van der Waals surface area contributed by atoms with Crippen molar-refractivity contribution in [2.24, 2.45) is 0 Å². The lowest BCUT2D eigenvalue weighted by molar-refractivity contribution is 0.0690. The maximum absolute atomic E-state index is 9.99. The lowest BCUT2D eigenvalue weighted by atomic mass is 10.1. The molecule has 0 unspecified atom stereocenters. The maximum Gasteiger partial charge on any atom is 0.353 e. The molecule has 2 N–H and O–H groups in total. The number of benzene rings is 2. The first-order valence-corrected chi connectivity index (χ1v) is 6.64. The molecule has 1 aliphatic carbocycles. The molecule has 1 heterocycles. The number of aromatic nitrogens is 2. The molecule has 1 aliphatic rings. The van der Waals surface area contributed by atoms with Gasteiger partial charge in [0.15, 0.2) is 0 Å². The number of fused-ring (bicyclic) bond motifs is 3. The minimum Gasteiger partial charge on any atom is -0.477 e. The Labute approximate surface area is 122 Å². The van der Waals surface area contributed by atoms with Gasteiger partial charge in [-0.3, -0.25) is 5.10 Å². The van der Waals surface area contributed by atoms with Gasteiger partial charge in [0.25, 0.3) is 0 Å². The third-order valence-corrected chi connectivity index (χ3v) is 3.44. The number of nitrogens with zero attached hydrogens (tertiary/aromatic N) is 1. The summed E-state index contributed by atoms with van der Waals surface area (Å²) in [6.45, 7) is 0. The molecular formula is C17H14N2O2. The van der Waals surface area contributed by atoms with E-state index >= 15 is 0 Å². The van der Waals surface area contributed by atoms with Crippen LogP contribution >= 0.6 is 0 Å². The third kappa shape index (κ3) is 2.69. The van der Waals surface area contributed by atoms with Crippen LogP contribution in [0.25, 0.3) is 11.1 Å². The second-order valence-electron chi connectivity index (χ2n) is 4.77. The zero-order valence-corrected chi connectivity index (χ0v) is 11.3. The van der Waals surface area contributed by atoms with Crippen LogP contribution < -0.4 is 0 Å². The molecule has 104 valence electrons. The fraction of sp³-hybridized carbons (Fsp3) is 0.0588. The number of H-pyrrole nitrogens is 1. The van der Waals surface area contributed by atoms with Crippen LogP contribution in [0.2, 0.25) is 0 Å². The number of hydrogen-bond donors (Lipinski definition) is 2. The Morgan fingerprint density at radius 1 is 0.952 bits per heavy atom. The van der Waals surface area contributed by atoms with Crippen molar-refractivity contribution in [1.82, 2.24) is 10.2 Å². The fourth-order valence-electron chi connectivity index (χ4n) is 2.45. The second kappa shape index (κ2) is 5.63. The molecule has 0 bridgehead atoms. The Hall–Kier alpha value is -2.88. The van der Waals surface area contributed by atoms with Gasteiger partial charge < -0.3 is 5.11 Å². The highest BCUT2D eigenvalue weighted by atomic mass is 16.4. The van der Waals surface area contributed by atoms with Crippen molar-refractivity contribution >= 4 is 5.97 Å². The zero-order chi connectivity index (χ0) is 14.7. The van der Waals surface area contributed by atoms with Gasteiger partial charge in [-0.1, -0.05) is 48.5 Å². The average Bonchev–Trinajstić information content (AvgIpc) is 3.15. The predicted octanol–water partition coefficient (Wildman–Crippen LogP) is 3.37. The van der Waals surface area contributed by atoms with E-state index in [2.05, 4.69) is 58.7 Å². The van der Waals surface area contributed by atoms with Crippen molar-refractivity contribution in [2.75, 3.05) is 0 Å². The van der Waals surface area contributed by atoms with Crippen LogP contribution in [0.5, 0.6) is 0 Å². The lowest BCUT2D eigenvalue weighted by Gasteiger charge is -1.98. The summed E-state index contributed by atoms with van der Waals surface area (Å²) in [5, 5.41) is 13.9. The van der Waals surface area contributed by atoms with Gasteiger partial charge >= 0.3 is 5.97 Å². The summed E-state index contributed by atoms with van der Waals surface area (Å²) in [6.07, 6.45) is 2.50. The maximum atomic E-state index is 9.99. The molecule has 0 aliphatic heterocycles. The molecule has 0 amide bonds. The van der Waals surface area contributed by atoms with Crippen molar-refractivity contribution < 1.29 is 9.90 Å². The van der Waals surface area contributed by atoms with E-state index in [0.29, 0.717) is 0 Å². The Balaban J connectivity index is 0.000000143. The molecule has 0 atom stereocenters. The summed E-state index contributed by atoms with van der Waals surface area (Å²) in [5.41, 5.74) is 5.87. The molecule has 0 fully saturated rings. The molecule has 0 saturated carbocycles. The monoisotopic (exact) mass is 278 g/mol. The number of carboxylic acids is 1. The Bertz CT molecular complexity index is 720. The number of aromatic amines is 1. The average molecular weight is 278 g/mol. The van der Waals surface area contributed by atoms with Gasteiger partial charge in [0.1, 0.15) is 5.69 Å². The summed E-state index contributed by atoms with van der Waals surface area (Å²) in [6, 6.07) is 18.7. The van der Waals surface area contributed by atoms with Crippen molar-refractivity contribution in [3.05, 3.63) is 77.6 Å². The minimum atomic E-state index is -0.984. The van der Waals surface area contributed by atoms with Gasteiger partial charge in [0.2, 0.25) is 0 Å². The quantitative estimate of drug-likeness (QED) is 0.561. The van der Waals surface area contributed by atoms with Gasteiger partial charge in [-0.05, 0) is 34.7 Å². The van der Waals surface area contributed by atoms with E-state index in [1.54, 1.807) is 0 Å². The van der Waals surface area contributed by atoms with Crippen LogP contribution in [0.3, 0.4) is 0 Å². The van der Waals surface area contributed by atoms with Gasteiger partial charge in [-0.25, -0.2) is 4.79 Å². The number of carbonyl (C=O) groups is 1. The first kappa shape index (κ1) is 13.1. The third-order valence-electron chi connectivity index (χ3n) is 3.44. The molecule has 4 heteroatoms. The molecule has 3 aromatic rings. The van der Waals surface area contributed by atoms with E-state index in [9.17, 15) is 4.79 Å². The number of aromatic carboxylic acids is 1. The molecule has 1 aromatic heterocycles. The molecule has 4 nitrogen and oxygen atoms in total. The Morgan fingerprint density at radius 2 is 1.52 bits per heavy atom. The van der Waals surface area contributed by atoms with Crippen molar-refractivity contribution in [1.29, 1.82) is 0 Å². The normalized spacial score (nSPS) is 11.0.